The molecule has 104 valence electrons. The van der Waals surface area contributed by atoms with Gasteiger partial charge in [-0.2, -0.15) is 0 Å². The van der Waals surface area contributed by atoms with Crippen LogP contribution in [0.4, 0.5) is 0 Å². The molecule has 6 heteroatoms. The van der Waals surface area contributed by atoms with E-state index in [9.17, 15) is 14.4 Å². The highest BCUT2D eigenvalue weighted by atomic mass is 16.4. The summed E-state index contributed by atoms with van der Waals surface area (Å²) in [5, 5.41) is 13.9. The number of carboxylic acids is 1. The van der Waals surface area contributed by atoms with Crippen LogP contribution in [0.2, 0.25) is 0 Å². The predicted octanol–water partition coefficient (Wildman–Crippen LogP) is 0.171. The molecule has 0 aliphatic carbocycles. The Morgan fingerprint density at radius 3 is 2.28 bits per heavy atom. The maximum atomic E-state index is 11.5. The lowest BCUT2D eigenvalue weighted by Crippen LogP contribution is -2.46. The van der Waals surface area contributed by atoms with Crippen molar-refractivity contribution in [3.63, 3.8) is 0 Å². The lowest BCUT2D eigenvalue weighted by Gasteiger charge is -2.19. The number of hydrogen-bond acceptors (Lipinski definition) is 4. The third-order valence-electron chi connectivity index (χ3n) is 2.45. The van der Waals surface area contributed by atoms with E-state index in [1.165, 1.54) is 6.92 Å². The fraction of sp³-hybridized carbons (Fsp3) is 0.750. The Morgan fingerprint density at radius 2 is 1.83 bits per heavy atom. The Hall–Kier alpha value is -1.43. The Balaban J connectivity index is 3.82. The average molecular weight is 258 g/mol. The van der Waals surface area contributed by atoms with Crippen LogP contribution in [0.3, 0.4) is 0 Å². The minimum atomic E-state index is -0.849. The smallest absolute Gasteiger partial charge is 0.303 e. The van der Waals surface area contributed by atoms with E-state index in [1.807, 2.05) is 13.8 Å². The van der Waals surface area contributed by atoms with E-state index >= 15 is 0 Å². The fourth-order valence-electron chi connectivity index (χ4n) is 1.53. The molecule has 0 spiro atoms. The van der Waals surface area contributed by atoms with E-state index in [2.05, 4.69) is 10.6 Å². The third kappa shape index (κ3) is 7.78. The summed E-state index contributed by atoms with van der Waals surface area (Å²) in [5.41, 5.74) is 0. The van der Waals surface area contributed by atoms with E-state index in [0.717, 1.165) is 0 Å². The van der Waals surface area contributed by atoms with Gasteiger partial charge in [-0.15, -0.1) is 0 Å². The SMILES string of the molecule is CC(=O)C(NC(=O)CNCCCC(=O)O)C(C)C. The lowest BCUT2D eigenvalue weighted by molar-refractivity contribution is -0.137. The average Bonchev–Trinajstić information content (AvgIpc) is 2.24. The van der Waals surface area contributed by atoms with Gasteiger partial charge in [-0.1, -0.05) is 13.8 Å². The van der Waals surface area contributed by atoms with Crippen molar-refractivity contribution in [3.05, 3.63) is 0 Å². The summed E-state index contributed by atoms with van der Waals surface area (Å²) in [5.74, 6) is -1.11. The molecule has 0 aromatic heterocycles. The number of amides is 1. The zero-order valence-corrected chi connectivity index (χ0v) is 11.2. The van der Waals surface area contributed by atoms with E-state index in [0.29, 0.717) is 13.0 Å². The van der Waals surface area contributed by atoms with Crippen LogP contribution in [0.1, 0.15) is 33.6 Å². The molecule has 0 radical (unpaired) electrons. The summed E-state index contributed by atoms with van der Waals surface area (Å²) < 4.78 is 0. The monoisotopic (exact) mass is 258 g/mol. The minimum absolute atomic E-state index is 0.0541. The van der Waals surface area contributed by atoms with Crippen LogP contribution in [0.15, 0.2) is 0 Å². The highest BCUT2D eigenvalue weighted by molar-refractivity contribution is 5.88. The summed E-state index contributed by atoms with van der Waals surface area (Å²) in [6, 6.07) is -0.460. The number of Topliss-reactive ketones (excluding diaryl/α,β-unsaturated/α-hetero) is 1. The molecule has 1 amide bonds. The van der Waals surface area contributed by atoms with Crippen LogP contribution in [0, 0.1) is 5.92 Å². The number of aliphatic carboxylic acids is 1. The lowest BCUT2D eigenvalue weighted by atomic mass is 10.0. The van der Waals surface area contributed by atoms with E-state index < -0.39 is 12.0 Å². The number of rotatable bonds is 9. The molecule has 6 nitrogen and oxygen atoms in total. The molecular formula is C12H22N2O4. The summed E-state index contributed by atoms with van der Waals surface area (Å²) in [6.07, 6.45) is 0.555. The van der Waals surface area contributed by atoms with Gasteiger partial charge in [-0.05, 0) is 25.8 Å². The van der Waals surface area contributed by atoms with Gasteiger partial charge in [0.25, 0.3) is 0 Å². The van der Waals surface area contributed by atoms with Crippen molar-refractivity contribution in [2.75, 3.05) is 13.1 Å². The molecule has 0 saturated carbocycles. The maximum Gasteiger partial charge on any atom is 0.303 e. The zero-order valence-electron chi connectivity index (χ0n) is 11.2. The van der Waals surface area contributed by atoms with Crippen LogP contribution in [0.25, 0.3) is 0 Å². The highest BCUT2D eigenvalue weighted by Crippen LogP contribution is 2.02. The van der Waals surface area contributed by atoms with Crippen molar-refractivity contribution in [1.82, 2.24) is 10.6 Å². The van der Waals surface area contributed by atoms with Crippen LogP contribution in [-0.4, -0.2) is 41.9 Å². The third-order valence-corrected chi connectivity index (χ3v) is 2.45. The zero-order chi connectivity index (χ0) is 14.1. The molecule has 0 aromatic rings. The molecule has 1 unspecified atom stereocenters. The molecule has 0 aromatic carbocycles. The predicted molar refractivity (Wildman–Crippen MR) is 67.2 cm³/mol. The molecule has 0 saturated heterocycles. The van der Waals surface area contributed by atoms with Gasteiger partial charge in [0.05, 0.1) is 12.6 Å². The Bertz CT molecular complexity index is 302. The number of hydrogen-bond donors (Lipinski definition) is 3. The number of nitrogens with one attached hydrogen (secondary N) is 2. The second-order valence-corrected chi connectivity index (χ2v) is 4.57. The van der Waals surface area contributed by atoms with Gasteiger partial charge in [-0.3, -0.25) is 14.4 Å². The quantitative estimate of drug-likeness (QED) is 0.512. The Labute approximate surface area is 107 Å². The molecular weight excluding hydrogens is 236 g/mol. The van der Waals surface area contributed by atoms with E-state index in [1.54, 1.807) is 0 Å². The number of ketones is 1. The van der Waals surface area contributed by atoms with Crippen LogP contribution in [0.5, 0.6) is 0 Å². The largest absolute Gasteiger partial charge is 0.481 e. The van der Waals surface area contributed by atoms with Crippen LogP contribution in [-0.2, 0) is 14.4 Å². The molecule has 1 atom stereocenters. The minimum Gasteiger partial charge on any atom is -0.481 e. The topological polar surface area (TPSA) is 95.5 Å². The van der Waals surface area contributed by atoms with Crippen molar-refractivity contribution >= 4 is 17.7 Å². The van der Waals surface area contributed by atoms with Crippen molar-refractivity contribution < 1.29 is 19.5 Å². The molecule has 0 aliphatic rings. The molecule has 3 N–H and O–H groups in total. The first kappa shape index (κ1) is 16.6. The van der Waals surface area contributed by atoms with Crippen LogP contribution >= 0.6 is 0 Å². The summed E-state index contributed by atoms with van der Waals surface area (Å²) in [7, 11) is 0. The van der Waals surface area contributed by atoms with Crippen molar-refractivity contribution in [2.45, 2.75) is 39.7 Å². The van der Waals surface area contributed by atoms with E-state index in [-0.39, 0.29) is 30.6 Å². The normalized spacial score (nSPS) is 12.2. The first-order valence-electron chi connectivity index (χ1n) is 6.07. The molecule has 0 bridgehead atoms. The Kier molecular flexibility index (Phi) is 7.94. The van der Waals surface area contributed by atoms with Crippen LogP contribution < -0.4 is 10.6 Å². The second-order valence-electron chi connectivity index (χ2n) is 4.57. The summed E-state index contributed by atoms with van der Waals surface area (Å²) in [6.45, 7) is 5.74. The molecule has 0 aliphatic heterocycles. The van der Waals surface area contributed by atoms with Gasteiger partial charge >= 0.3 is 5.97 Å². The summed E-state index contributed by atoms with van der Waals surface area (Å²) >= 11 is 0. The van der Waals surface area contributed by atoms with Gasteiger partial charge < -0.3 is 15.7 Å². The highest BCUT2D eigenvalue weighted by Gasteiger charge is 2.19. The molecule has 0 heterocycles. The first-order valence-corrected chi connectivity index (χ1v) is 6.07. The molecule has 0 rings (SSSR count). The summed E-state index contributed by atoms with van der Waals surface area (Å²) in [4.78, 5) is 33.0. The number of carboxylic acid groups (broad SMARTS) is 1. The second kappa shape index (κ2) is 8.63. The first-order chi connectivity index (χ1) is 8.34. The van der Waals surface area contributed by atoms with Crippen molar-refractivity contribution in [1.29, 1.82) is 0 Å². The van der Waals surface area contributed by atoms with Gasteiger partial charge in [0, 0.05) is 6.42 Å². The Morgan fingerprint density at radius 1 is 1.22 bits per heavy atom. The van der Waals surface area contributed by atoms with Crippen molar-refractivity contribution in [2.24, 2.45) is 5.92 Å². The van der Waals surface area contributed by atoms with Gasteiger partial charge in [-0.25, -0.2) is 0 Å². The van der Waals surface area contributed by atoms with Gasteiger partial charge in [0.2, 0.25) is 5.91 Å². The maximum absolute atomic E-state index is 11.5. The fourth-order valence-corrected chi connectivity index (χ4v) is 1.53. The molecule has 18 heavy (non-hydrogen) atoms. The van der Waals surface area contributed by atoms with E-state index in [4.69, 9.17) is 5.11 Å². The number of carbonyl (C=O) groups is 3. The molecule has 0 fully saturated rings. The standard InChI is InChI=1S/C12H22N2O4/c1-8(2)12(9(3)15)14-10(16)7-13-6-4-5-11(17)18/h8,12-13H,4-7H2,1-3H3,(H,14,16)(H,17,18). The number of carbonyl (C=O) groups excluding carboxylic acids is 2. The van der Waals surface area contributed by atoms with Gasteiger partial charge in [0.1, 0.15) is 0 Å². The van der Waals surface area contributed by atoms with Crippen molar-refractivity contribution in [3.8, 4) is 0 Å². The van der Waals surface area contributed by atoms with Gasteiger partial charge in [0.15, 0.2) is 5.78 Å².